The average Bonchev–Trinajstić information content (AvgIpc) is 3.12. The van der Waals surface area contributed by atoms with E-state index < -0.39 is 0 Å². The number of aromatic amines is 1. The molecule has 0 atom stereocenters. The fourth-order valence-electron chi connectivity index (χ4n) is 2.58. The van der Waals surface area contributed by atoms with E-state index in [4.69, 9.17) is 0 Å². The van der Waals surface area contributed by atoms with Crippen molar-refractivity contribution in [1.82, 2.24) is 19.4 Å². The molecule has 0 aliphatic carbocycles. The van der Waals surface area contributed by atoms with E-state index in [1.165, 1.54) is 16.7 Å². The highest BCUT2D eigenvalue weighted by Gasteiger charge is 2.08. The number of fused-ring (bicyclic) bond motifs is 2. The zero-order valence-electron chi connectivity index (χ0n) is 12.5. The van der Waals surface area contributed by atoms with Crippen LogP contribution in [0.5, 0.6) is 0 Å². The minimum Gasteiger partial charge on any atom is -0.333 e. The first kappa shape index (κ1) is 13.4. The van der Waals surface area contributed by atoms with Crippen molar-refractivity contribution >= 4 is 28.4 Å². The third-order valence-electron chi connectivity index (χ3n) is 3.94. The molecule has 1 N–H and O–H groups in total. The standard InChI is InChI=1S/C17H16N4S/c1-11-8-14-15(9-12(11)2)20-17(19-14)22-10-13-4-3-6-21-7-5-18-16(13)21/h3-9H,10H2,1-2H3,(H,19,20). The molecule has 110 valence electrons. The quantitative estimate of drug-likeness (QED) is 0.579. The van der Waals surface area contributed by atoms with Gasteiger partial charge in [0.25, 0.3) is 0 Å². The van der Waals surface area contributed by atoms with Gasteiger partial charge in [0.1, 0.15) is 5.65 Å². The molecule has 1 aromatic carbocycles. The molecule has 0 unspecified atom stereocenters. The number of thioether (sulfide) groups is 1. The van der Waals surface area contributed by atoms with Crippen LogP contribution in [-0.2, 0) is 5.75 Å². The van der Waals surface area contributed by atoms with Crippen LogP contribution in [0.1, 0.15) is 16.7 Å². The number of rotatable bonds is 3. The highest BCUT2D eigenvalue weighted by Crippen LogP contribution is 2.25. The van der Waals surface area contributed by atoms with Gasteiger partial charge in [0, 0.05) is 29.9 Å². The van der Waals surface area contributed by atoms with Crippen LogP contribution in [0.4, 0.5) is 0 Å². The van der Waals surface area contributed by atoms with Crippen LogP contribution < -0.4 is 0 Å². The second-order valence-corrected chi connectivity index (χ2v) is 6.44. The van der Waals surface area contributed by atoms with E-state index in [0.717, 1.165) is 27.6 Å². The highest BCUT2D eigenvalue weighted by atomic mass is 32.2. The van der Waals surface area contributed by atoms with E-state index in [0.29, 0.717) is 0 Å². The predicted molar refractivity (Wildman–Crippen MR) is 90.3 cm³/mol. The minimum atomic E-state index is 0.846. The Bertz CT molecular complexity index is 928. The van der Waals surface area contributed by atoms with Crippen molar-refractivity contribution in [3.8, 4) is 0 Å². The molecule has 0 fully saturated rings. The Labute approximate surface area is 132 Å². The fourth-order valence-corrected chi connectivity index (χ4v) is 3.44. The molecule has 0 radical (unpaired) electrons. The van der Waals surface area contributed by atoms with E-state index >= 15 is 0 Å². The van der Waals surface area contributed by atoms with Gasteiger partial charge in [0.2, 0.25) is 0 Å². The average molecular weight is 308 g/mol. The number of benzene rings is 1. The molecule has 0 saturated heterocycles. The van der Waals surface area contributed by atoms with Crippen molar-refractivity contribution in [1.29, 1.82) is 0 Å². The van der Waals surface area contributed by atoms with Crippen molar-refractivity contribution in [3.05, 3.63) is 59.5 Å². The third kappa shape index (κ3) is 2.27. The Kier molecular flexibility index (Phi) is 3.15. The zero-order valence-corrected chi connectivity index (χ0v) is 13.3. The summed E-state index contributed by atoms with van der Waals surface area (Å²) in [6.07, 6.45) is 5.82. The first-order chi connectivity index (χ1) is 10.7. The summed E-state index contributed by atoms with van der Waals surface area (Å²) in [4.78, 5) is 12.5. The molecule has 4 rings (SSSR count). The smallest absolute Gasteiger partial charge is 0.166 e. The van der Waals surface area contributed by atoms with Gasteiger partial charge >= 0.3 is 0 Å². The lowest BCUT2D eigenvalue weighted by atomic mass is 10.1. The Morgan fingerprint density at radius 2 is 2.05 bits per heavy atom. The largest absolute Gasteiger partial charge is 0.333 e. The SMILES string of the molecule is Cc1cc2nc(SCc3cccn4ccnc34)[nH]c2cc1C. The lowest BCUT2D eigenvalue weighted by molar-refractivity contribution is 1.08. The number of aryl methyl sites for hydroxylation is 2. The van der Waals surface area contributed by atoms with Gasteiger partial charge in [0.05, 0.1) is 11.0 Å². The highest BCUT2D eigenvalue weighted by molar-refractivity contribution is 7.98. The number of hydrogen-bond donors (Lipinski definition) is 1. The summed E-state index contributed by atoms with van der Waals surface area (Å²) < 4.78 is 2.04. The Morgan fingerprint density at radius 3 is 2.95 bits per heavy atom. The van der Waals surface area contributed by atoms with Crippen molar-refractivity contribution < 1.29 is 0 Å². The molecule has 4 nitrogen and oxygen atoms in total. The molecule has 4 aromatic rings. The summed E-state index contributed by atoms with van der Waals surface area (Å²) >= 11 is 1.71. The predicted octanol–water partition coefficient (Wildman–Crippen LogP) is 4.12. The van der Waals surface area contributed by atoms with E-state index in [-0.39, 0.29) is 0 Å². The number of imidazole rings is 2. The van der Waals surface area contributed by atoms with Crippen LogP contribution in [0.25, 0.3) is 16.7 Å². The topological polar surface area (TPSA) is 46.0 Å². The summed E-state index contributed by atoms with van der Waals surface area (Å²) in [5.74, 6) is 0.846. The molecule has 22 heavy (non-hydrogen) atoms. The summed E-state index contributed by atoms with van der Waals surface area (Å²) in [5.41, 5.74) is 6.92. The third-order valence-corrected chi connectivity index (χ3v) is 4.86. The lowest BCUT2D eigenvalue weighted by Gasteiger charge is -2.01. The van der Waals surface area contributed by atoms with Crippen LogP contribution in [0.2, 0.25) is 0 Å². The van der Waals surface area contributed by atoms with Crippen LogP contribution in [0.3, 0.4) is 0 Å². The Morgan fingerprint density at radius 1 is 1.18 bits per heavy atom. The van der Waals surface area contributed by atoms with Crippen LogP contribution in [-0.4, -0.2) is 19.4 Å². The molecular weight excluding hydrogens is 292 g/mol. The van der Waals surface area contributed by atoms with Gasteiger partial charge < -0.3 is 9.38 Å². The molecule has 0 aliphatic rings. The van der Waals surface area contributed by atoms with Crippen molar-refractivity contribution in [2.45, 2.75) is 24.8 Å². The molecule has 0 amide bonds. The number of nitrogens with zero attached hydrogens (tertiary/aromatic N) is 3. The van der Waals surface area contributed by atoms with E-state index in [1.54, 1.807) is 11.8 Å². The minimum absolute atomic E-state index is 0.846. The summed E-state index contributed by atoms with van der Waals surface area (Å²) in [6.45, 7) is 4.25. The number of H-pyrrole nitrogens is 1. The molecular formula is C17H16N4S. The van der Waals surface area contributed by atoms with E-state index in [1.807, 2.05) is 23.0 Å². The molecule has 5 heteroatoms. The number of nitrogens with one attached hydrogen (secondary N) is 1. The lowest BCUT2D eigenvalue weighted by Crippen LogP contribution is -1.89. The Balaban J connectivity index is 1.62. The summed E-state index contributed by atoms with van der Waals surface area (Å²) in [7, 11) is 0. The van der Waals surface area contributed by atoms with Crippen LogP contribution >= 0.6 is 11.8 Å². The summed E-state index contributed by atoms with van der Waals surface area (Å²) in [6, 6.07) is 8.47. The van der Waals surface area contributed by atoms with Crippen molar-refractivity contribution in [3.63, 3.8) is 0 Å². The van der Waals surface area contributed by atoms with E-state index in [9.17, 15) is 0 Å². The maximum atomic E-state index is 4.68. The maximum absolute atomic E-state index is 4.68. The van der Waals surface area contributed by atoms with Gasteiger partial charge in [-0.1, -0.05) is 17.8 Å². The van der Waals surface area contributed by atoms with Gasteiger partial charge in [-0.05, 0) is 43.2 Å². The van der Waals surface area contributed by atoms with Gasteiger partial charge in [-0.2, -0.15) is 0 Å². The van der Waals surface area contributed by atoms with E-state index in [2.05, 4.69) is 53.1 Å². The monoisotopic (exact) mass is 308 g/mol. The molecule has 0 spiro atoms. The first-order valence-corrected chi connectivity index (χ1v) is 8.19. The normalized spacial score (nSPS) is 11.5. The molecule has 0 bridgehead atoms. The van der Waals surface area contributed by atoms with Crippen LogP contribution in [0.15, 0.2) is 48.0 Å². The number of pyridine rings is 1. The maximum Gasteiger partial charge on any atom is 0.166 e. The first-order valence-electron chi connectivity index (χ1n) is 7.21. The molecule has 0 saturated carbocycles. The number of aromatic nitrogens is 4. The van der Waals surface area contributed by atoms with Gasteiger partial charge in [-0.25, -0.2) is 9.97 Å². The zero-order chi connectivity index (χ0) is 15.1. The van der Waals surface area contributed by atoms with Crippen LogP contribution in [0, 0.1) is 13.8 Å². The van der Waals surface area contributed by atoms with Gasteiger partial charge in [-0.15, -0.1) is 0 Å². The van der Waals surface area contributed by atoms with Crippen molar-refractivity contribution in [2.24, 2.45) is 0 Å². The Hall–Kier alpha value is -2.27. The van der Waals surface area contributed by atoms with Gasteiger partial charge in [-0.3, -0.25) is 0 Å². The molecule has 3 aromatic heterocycles. The molecule has 3 heterocycles. The second-order valence-electron chi connectivity index (χ2n) is 5.48. The van der Waals surface area contributed by atoms with Crippen molar-refractivity contribution in [2.75, 3.05) is 0 Å². The summed E-state index contributed by atoms with van der Waals surface area (Å²) in [5, 5.41) is 0.952. The number of hydrogen-bond acceptors (Lipinski definition) is 3. The second kappa shape index (κ2) is 5.18. The van der Waals surface area contributed by atoms with Gasteiger partial charge in [0.15, 0.2) is 5.16 Å². The fraction of sp³-hybridized carbons (Fsp3) is 0.176. The molecule has 0 aliphatic heterocycles.